The highest BCUT2D eigenvalue weighted by Crippen LogP contribution is 2.33. The summed E-state index contributed by atoms with van der Waals surface area (Å²) in [6, 6.07) is 18.9. The van der Waals surface area contributed by atoms with Gasteiger partial charge in [0.25, 0.3) is 5.91 Å². The van der Waals surface area contributed by atoms with Gasteiger partial charge >= 0.3 is 0 Å². The first-order chi connectivity index (χ1) is 23.8. The number of hydrogen-bond donors (Lipinski definition) is 2. The molecule has 3 amide bonds. The van der Waals surface area contributed by atoms with Gasteiger partial charge in [0.05, 0.1) is 29.1 Å². The van der Waals surface area contributed by atoms with Gasteiger partial charge in [-0.05, 0) is 72.6 Å². The van der Waals surface area contributed by atoms with Crippen molar-refractivity contribution in [3.63, 3.8) is 0 Å². The van der Waals surface area contributed by atoms with Crippen molar-refractivity contribution in [2.45, 2.75) is 25.4 Å². The van der Waals surface area contributed by atoms with Crippen LogP contribution >= 0.6 is 11.3 Å². The van der Waals surface area contributed by atoms with E-state index >= 15 is 0 Å². The Morgan fingerprint density at radius 1 is 0.959 bits per heavy atom. The van der Waals surface area contributed by atoms with E-state index in [9.17, 15) is 14.4 Å². The quantitative estimate of drug-likeness (QED) is 0.141. The number of benzene rings is 2. The van der Waals surface area contributed by atoms with Crippen LogP contribution in [0, 0.1) is 0 Å². The van der Waals surface area contributed by atoms with Gasteiger partial charge in [-0.15, -0.1) is 11.3 Å². The van der Waals surface area contributed by atoms with Crippen LogP contribution in [0.5, 0.6) is 5.75 Å². The first kappa shape index (κ1) is 32.2. The maximum absolute atomic E-state index is 12.9. The molecular formula is C36H35N7O5S. The lowest BCUT2D eigenvalue weighted by atomic mass is 10.0. The van der Waals surface area contributed by atoms with Crippen molar-refractivity contribution < 1.29 is 23.9 Å². The van der Waals surface area contributed by atoms with Crippen molar-refractivity contribution in [1.82, 2.24) is 25.2 Å². The summed E-state index contributed by atoms with van der Waals surface area (Å²) in [7, 11) is 4.06. The molecule has 49 heavy (non-hydrogen) atoms. The summed E-state index contributed by atoms with van der Waals surface area (Å²) in [4.78, 5) is 54.2. The predicted octanol–water partition coefficient (Wildman–Crippen LogP) is 4.75. The Kier molecular flexibility index (Phi) is 9.18. The highest BCUT2D eigenvalue weighted by atomic mass is 32.1. The van der Waals surface area contributed by atoms with Gasteiger partial charge in [-0.3, -0.25) is 24.7 Å². The van der Waals surface area contributed by atoms with Crippen LogP contribution in [-0.4, -0.2) is 84.1 Å². The minimum Gasteiger partial charge on any atom is -0.491 e. The van der Waals surface area contributed by atoms with Crippen LogP contribution in [-0.2, 0) is 20.9 Å². The summed E-state index contributed by atoms with van der Waals surface area (Å²) in [6.45, 7) is 2.09. The second kappa shape index (κ2) is 14.0. The zero-order valence-corrected chi connectivity index (χ0v) is 28.0. The SMILES string of the molecule is CN(C)c1ccc2nc(-c3ccc(-c4ccc(NCCOCCOc5ccc6c(c5)CN(C5CCC(=O)NC5=O)C6=O)nc4)nc3)sc2c1. The second-order valence-corrected chi connectivity index (χ2v) is 13.1. The first-order valence-electron chi connectivity index (χ1n) is 16.1. The lowest BCUT2D eigenvalue weighted by molar-refractivity contribution is -0.136. The number of piperidine rings is 1. The third kappa shape index (κ3) is 7.08. The topological polar surface area (TPSA) is 139 Å². The van der Waals surface area contributed by atoms with Crippen molar-refractivity contribution >= 4 is 50.8 Å². The van der Waals surface area contributed by atoms with Crippen molar-refractivity contribution in [2.24, 2.45) is 0 Å². The molecule has 0 spiro atoms. The van der Waals surface area contributed by atoms with E-state index in [4.69, 9.17) is 14.5 Å². The van der Waals surface area contributed by atoms with Gasteiger partial charge in [-0.25, -0.2) is 9.97 Å². The van der Waals surface area contributed by atoms with Gasteiger partial charge in [0.15, 0.2) is 0 Å². The zero-order valence-electron chi connectivity index (χ0n) is 27.1. The van der Waals surface area contributed by atoms with Gasteiger partial charge in [-0.1, -0.05) is 0 Å². The molecule has 0 saturated carbocycles. The smallest absolute Gasteiger partial charge is 0.255 e. The third-order valence-electron chi connectivity index (χ3n) is 8.50. The van der Waals surface area contributed by atoms with Crippen LogP contribution in [0.25, 0.3) is 32.0 Å². The Labute approximate surface area is 287 Å². The molecule has 1 unspecified atom stereocenters. The molecule has 250 valence electrons. The average Bonchev–Trinajstić information content (AvgIpc) is 3.68. The van der Waals surface area contributed by atoms with Crippen LogP contribution in [0.2, 0.25) is 0 Å². The van der Waals surface area contributed by atoms with E-state index in [0.29, 0.717) is 50.6 Å². The zero-order chi connectivity index (χ0) is 33.9. The van der Waals surface area contributed by atoms with Crippen molar-refractivity contribution in [3.05, 3.63) is 84.2 Å². The Bertz CT molecular complexity index is 2010. The lowest BCUT2D eigenvalue weighted by Gasteiger charge is -2.29. The Morgan fingerprint density at radius 2 is 1.82 bits per heavy atom. The molecule has 5 aromatic rings. The van der Waals surface area contributed by atoms with Crippen molar-refractivity contribution in [1.29, 1.82) is 0 Å². The monoisotopic (exact) mass is 677 g/mol. The molecule has 1 saturated heterocycles. The molecule has 7 rings (SSSR count). The van der Waals surface area contributed by atoms with E-state index in [2.05, 4.69) is 43.7 Å². The highest BCUT2D eigenvalue weighted by molar-refractivity contribution is 7.21. The summed E-state index contributed by atoms with van der Waals surface area (Å²) in [6.07, 6.45) is 4.21. The number of rotatable bonds is 12. The standard InChI is InChI=1S/C36H35N7O5S/c1-42(2)25-5-9-29-31(18-25)49-35(40-29)23-3-8-28(38-20-23)22-4-11-32(39-19-22)37-13-14-47-15-16-48-26-6-7-27-24(17-26)21-43(36(27)46)30-10-12-33(44)41-34(30)45/h3-9,11,17-20,30H,10,12-16,21H2,1-2H3,(H,37,39)(H,41,44,45). The molecule has 13 heteroatoms. The summed E-state index contributed by atoms with van der Waals surface area (Å²) in [5, 5.41) is 6.53. The largest absolute Gasteiger partial charge is 0.491 e. The molecule has 1 fully saturated rings. The molecule has 2 aliphatic heterocycles. The fraction of sp³-hybridized carbons (Fsp3) is 0.278. The van der Waals surface area contributed by atoms with Crippen LogP contribution in [0.4, 0.5) is 11.5 Å². The number of thiazole rings is 1. The van der Waals surface area contributed by atoms with E-state index in [1.807, 2.05) is 50.6 Å². The number of amides is 3. The Hall–Kier alpha value is -5.40. The van der Waals surface area contributed by atoms with Crippen LogP contribution < -0.4 is 20.3 Å². The number of carbonyl (C=O) groups is 3. The average molecular weight is 678 g/mol. The second-order valence-electron chi connectivity index (χ2n) is 12.0. The number of nitrogens with zero attached hydrogens (tertiary/aromatic N) is 5. The number of ether oxygens (including phenoxy) is 2. The predicted molar refractivity (Wildman–Crippen MR) is 188 cm³/mol. The minimum atomic E-state index is -0.638. The van der Waals surface area contributed by atoms with Gasteiger partial charge in [0, 0.05) is 68.4 Å². The van der Waals surface area contributed by atoms with Gasteiger partial charge in [-0.2, -0.15) is 0 Å². The number of fused-ring (bicyclic) bond motifs is 2. The molecule has 3 aromatic heterocycles. The molecule has 0 aliphatic carbocycles. The summed E-state index contributed by atoms with van der Waals surface area (Å²) in [5.41, 5.74) is 6.22. The maximum Gasteiger partial charge on any atom is 0.255 e. The molecular weight excluding hydrogens is 643 g/mol. The van der Waals surface area contributed by atoms with Gasteiger partial charge in [0.2, 0.25) is 11.8 Å². The van der Waals surface area contributed by atoms with Gasteiger partial charge < -0.3 is 24.6 Å². The molecule has 0 bridgehead atoms. The fourth-order valence-corrected chi connectivity index (χ4v) is 6.86. The fourth-order valence-electron chi connectivity index (χ4n) is 5.87. The van der Waals surface area contributed by atoms with Crippen LogP contribution in [0.1, 0.15) is 28.8 Å². The lowest BCUT2D eigenvalue weighted by Crippen LogP contribution is -2.52. The molecule has 0 radical (unpaired) electrons. The summed E-state index contributed by atoms with van der Waals surface area (Å²) in [5.74, 6) is 0.435. The number of nitrogens with one attached hydrogen (secondary N) is 2. The van der Waals surface area contributed by atoms with E-state index < -0.39 is 11.9 Å². The maximum atomic E-state index is 12.9. The van der Waals surface area contributed by atoms with Crippen LogP contribution in [0.15, 0.2) is 73.1 Å². The van der Waals surface area contributed by atoms with E-state index in [1.165, 1.54) is 4.90 Å². The van der Waals surface area contributed by atoms with Crippen molar-refractivity contribution in [2.75, 3.05) is 50.7 Å². The molecule has 2 N–H and O–H groups in total. The van der Waals surface area contributed by atoms with E-state index in [-0.39, 0.29) is 18.2 Å². The Balaban J connectivity index is 0.831. The highest BCUT2D eigenvalue weighted by Gasteiger charge is 2.39. The first-order valence-corrected chi connectivity index (χ1v) is 16.9. The normalized spacial score (nSPS) is 15.8. The molecule has 5 heterocycles. The van der Waals surface area contributed by atoms with E-state index in [1.54, 1.807) is 29.7 Å². The molecule has 2 aliphatic rings. The Morgan fingerprint density at radius 3 is 2.59 bits per heavy atom. The minimum absolute atomic E-state index is 0.207. The molecule has 12 nitrogen and oxygen atoms in total. The molecule has 2 aromatic carbocycles. The molecule has 1 atom stereocenters. The van der Waals surface area contributed by atoms with E-state index in [0.717, 1.165) is 49.1 Å². The van der Waals surface area contributed by atoms with Gasteiger partial charge in [0.1, 0.15) is 29.2 Å². The van der Waals surface area contributed by atoms with Crippen LogP contribution in [0.3, 0.4) is 0 Å². The number of anilines is 2. The number of aromatic nitrogens is 3. The van der Waals surface area contributed by atoms with Crippen molar-refractivity contribution in [3.8, 4) is 27.6 Å². The number of imide groups is 1. The number of carbonyl (C=O) groups excluding carboxylic acids is 3. The third-order valence-corrected chi connectivity index (χ3v) is 9.57. The number of pyridine rings is 2. The number of hydrogen-bond acceptors (Lipinski definition) is 11. The summed E-state index contributed by atoms with van der Waals surface area (Å²) >= 11 is 1.66. The summed E-state index contributed by atoms with van der Waals surface area (Å²) < 4.78 is 12.7.